The van der Waals surface area contributed by atoms with Crippen LogP contribution in [0.4, 0.5) is 19.4 Å². The second-order valence-electron chi connectivity index (χ2n) is 12.3. The van der Waals surface area contributed by atoms with Crippen LogP contribution in [-0.4, -0.2) is 69.3 Å². The standard InChI is InChI=1S/C31H38F2N6O3/c1-20-19-38(15-16-39(20)28(40)23-9-12-31(32,33)13-10-23)27-25-18-34-14-11-24(25)26(36-37-27)22-7-5-21(6-8-22)17-35-29(41)42-30(2,3)4/h5-8,11,14,18,20,23H,9-10,12-13,15-17,19H2,1-4H3,(H,35,41). The highest BCUT2D eigenvalue weighted by atomic mass is 19.3. The molecule has 1 unspecified atom stereocenters. The number of fused-ring (bicyclic) bond motifs is 1. The minimum absolute atomic E-state index is 0.0182. The molecular weight excluding hydrogens is 542 g/mol. The highest BCUT2D eigenvalue weighted by Crippen LogP contribution is 2.38. The smallest absolute Gasteiger partial charge is 0.407 e. The molecule has 42 heavy (non-hydrogen) atoms. The summed E-state index contributed by atoms with van der Waals surface area (Å²) in [6, 6.07) is 9.58. The molecular formula is C31H38F2N6O3. The van der Waals surface area contributed by atoms with Crippen LogP contribution in [0.1, 0.15) is 58.9 Å². The lowest BCUT2D eigenvalue weighted by Gasteiger charge is -2.42. The molecule has 1 aliphatic heterocycles. The molecule has 2 fully saturated rings. The van der Waals surface area contributed by atoms with Gasteiger partial charge in [-0.3, -0.25) is 9.78 Å². The van der Waals surface area contributed by atoms with Crippen molar-refractivity contribution in [2.24, 2.45) is 5.92 Å². The topological polar surface area (TPSA) is 101 Å². The molecule has 224 valence electrons. The largest absolute Gasteiger partial charge is 0.444 e. The van der Waals surface area contributed by atoms with E-state index in [0.717, 1.165) is 27.6 Å². The number of anilines is 1. The summed E-state index contributed by atoms with van der Waals surface area (Å²) in [4.78, 5) is 33.5. The van der Waals surface area contributed by atoms with Gasteiger partial charge in [0.05, 0.1) is 0 Å². The summed E-state index contributed by atoms with van der Waals surface area (Å²) in [5.41, 5.74) is 1.96. The first-order chi connectivity index (χ1) is 19.9. The summed E-state index contributed by atoms with van der Waals surface area (Å²) in [5, 5.41) is 13.7. The van der Waals surface area contributed by atoms with E-state index in [-0.39, 0.29) is 43.6 Å². The number of alkyl halides is 2. The molecule has 1 aromatic carbocycles. The molecule has 9 nitrogen and oxygen atoms in total. The molecule has 2 amide bonds. The van der Waals surface area contributed by atoms with E-state index in [0.29, 0.717) is 32.0 Å². The number of aromatic nitrogens is 3. The molecule has 2 aromatic heterocycles. The van der Waals surface area contributed by atoms with Crippen molar-refractivity contribution < 1.29 is 23.1 Å². The Morgan fingerprint density at radius 3 is 2.43 bits per heavy atom. The summed E-state index contributed by atoms with van der Waals surface area (Å²) >= 11 is 0. The lowest BCUT2D eigenvalue weighted by atomic mass is 9.85. The van der Waals surface area contributed by atoms with Gasteiger partial charge in [-0.1, -0.05) is 24.3 Å². The van der Waals surface area contributed by atoms with Gasteiger partial charge in [0.1, 0.15) is 11.3 Å². The van der Waals surface area contributed by atoms with Crippen molar-refractivity contribution in [3.8, 4) is 11.3 Å². The molecule has 3 aromatic rings. The molecule has 5 rings (SSSR count). The highest BCUT2D eigenvalue weighted by Gasteiger charge is 2.40. The van der Waals surface area contributed by atoms with E-state index in [1.807, 2.05) is 62.9 Å². The lowest BCUT2D eigenvalue weighted by molar-refractivity contribution is -0.142. The van der Waals surface area contributed by atoms with Gasteiger partial charge in [-0.25, -0.2) is 13.6 Å². The fourth-order valence-corrected chi connectivity index (χ4v) is 5.70. The fraction of sp³-hybridized carbons (Fsp3) is 0.516. The third kappa shape index (κ3) is 6.77. The number of amides is 2. The number of carbonyl (C=O) groups is 2. The van der Waals surface area contributed by atoms with Gasteiger partial charge >= 0.3 is 6.09 Å². The number of rotatable bonds is 5. The maximum Gasteiger partial charge on any atom is 0.407 e. The predicted octanol–water partition coefficient (Wildman–Crippen LogP) is 5.58. The van der Waals surface area contributed by atoms with Crippen LogP contribution in [0.25, 0.3) is 22.0 Å². The number of halogens is 2. The number of benzene rings is 1. The van der Waals surface area contributed by atoms with Gasteiger partial charge in [-0.15, -0.1) is 10.2 Å². The normalized spacial score (nSPS) is 19.5. The summed E-state index contributed by atoms with van der Waals surface area (Å²) in [7, 11) is 0. The second kappa shape index (κ2) is 11.8. The summed E-state index contributed by atoms with van der Waals surface area (Å²) < 4.78 is 32.5. The van der Waals surface area contributed by atoms with E-state index >= 15 is 0 Å². The SMILES string of the molecule is CC1CN(c2nnc(-c3ccc(CNC(=O)OC(C)(C)C)cc3)c3ccncc23)CCN1C(=O)C1CCC(F)(F)CC1. The molecule has 1 saturated heterocycles. The number of piperazine rings is 1. The van der Waals surface area contributed by atoms with Gasteiger partial charge in [-0.05, 0) is 52.2 Å². The Bertz CT molecular complexity index is 1430. The zero-order valence-corrected chi connectivity index (χ0v) is 24.6. The fourth-order valence-electron chi connectivity index (χ4n) is 5.70. The first-order valence-electron chi connectivity index (χ1n) is 14.5. The number of pyridine rings is 1. The zero-order valence-electron chi connectivity index (χ0n) is 24.6. The van der Waals surface area contributed by atoms with Crippen LogP contribution in [0.3, 0.4) is 0 Å². The third-order valence-corrected chi connectivity index (χ3v) is 7.90. The van der Waals surface area contributed by atoms with Crippen LogP contribution >= 0.6 is 0 Å². The van der Waals surface area contributed by atoms with Crippen LogP contribution in [0.2, 0.25) is 0 Å². The van der Waals surface area contributed by atoms with Crippen molar-refractivity contribution in [2.45, 2.75) is 77.5 Å². The number of nitrogens with one attached hydrogen (secondary N) is 1. The molecule has 0 bridgehead atoms. The zero-order chi connectivity index (χ0) is 30.1. The molecule has 1 atom stereocenters. The van der Waals surface area contributed by atoms with E-state index < -0.39 is 17.6 Å². The van der Waals surface area contributed by atoms with Crippen molar-refractivity contribution in [2.75, 3.05) is 24.5 Å². The molecule has 1 N–H and O–H groups in total. The van der Waals surface area contributed by atoms with Gasteiger partial charge in [0.15, 0.2) is 5.82 Å². The summed E-state index contributed by atoms with van der Waals surface area (Å²) in [6.07, 6.45) is 3.08. The Morgan fingerprint density at radius 1 is 1.05 bits per heavy atom. The average molecular weight is 581 g/mol. The molecule has 0 radical (unpaired) electrons. The van der Waals surface area contributed by atoms with Gasteiger partial charge in [0.2, 0.25) is 11.8 Å². The van der Waals surface area contributed by atoms with Crippen molar-refractivity contribution in [1.29, 1.82) is 0 Å². The third-order valence-electron chi connectivity index (χ3n) is 7.90. The molecule has 3 heterocycles. The minimum Gasteiger partial charge on any atom is -0.444 e. The molecule has 1 saturated carbocycles. The molecule has 0 spiro atoms. The van der Waals surface area contributed by atoms with Crippen LogP contribution < -0.4 is 10.2 Å². The quantitative estimate of drug-likeness (QED) is 0.421. The number of alkyl carbamates (subject to hydrolysis) is 1. The van der Waals surface area contributed by atoms with Gasteiger partial charge in [-0.2, -0.15) is 0 Å². The van der Waals surface area contributed by atoms with Crippen molar-refractivity contribution >= 4 is 28.6 Å². The van der Waals surface area contributed by atoms with Crippen molar-refractivity contribution in [3.05, 3.63) is 48.3 Å². The second-order valence-corrected chi connectivity index (χ2v) is 12.3. The number of nitrogens with zero attached hydrogens (tertiary/aromatic N) is 5. The molecule has 11 heteroatoms. The van der Waals surface area contributed by atoms with Crippen molar-refractivity contribution in [1.82, 2.24) is 25.4 Å². The molecule has 2 aliphatic rings. The number of carbonyl (C=O) groups excluding carboxylic acids is 2. The van der Waals surface area contributed by atoms with Gasteiger partial charge in [0, 0.05) is 79.7 Å². The van der Waals surface area contributed by atoms with E-state index in [9.17, 15) is 18.4 Å². The maximum atomic E-state index is 13.6. The maximum absolute atomic E-state index is 13.6. The van der Waals surface area contributed by atoms with Crippen LogP contribution in [0.5, 0.6) is 0 Å². The number of hydrogen-bond donors (Lipinski definition) is 1. The first-order valence-corrected chi connectivity index (χ1v) is 14.5. The van der Waals surface area contributed by atoms with E-state index in [2.05, 4.69) is 25.4 Å². The van der Waals surface area contributed by atoms with Crippen LogP contribution in [0, 0.1) is 5.92 Å². The monoisotopic (exact) mass is 580 g/mol. The van der Waals surface area contributed by atoms with Crippen LogP contribution in [0.15, 0.2) is 42.7 Å². The number of ether oxygens (including phenoxy) is 1. The molecule has 1 aliphatic carbocycles. The van der Waals surface area contributed by atoms with E-state index in [1.165, 1.54) is 0 Å². The van der Waals surface area contributed by atoms with Gasteiger partial charge < -0.3 is 19.9 Å². The Hall–Kier alpha value is -3.89. The Kier molecular flexibility index (Phi) is 8.30. The predicted molar refractivity (Wildman–Crippen MR) is 156 cm³/mol. The minimum atomic E-state index is -2.65. The van der Waals surface area contributed by atoms with E-state index in [4.69, 9.17) is 4.74 Å². The van der Waals surface area contributed by atoms with Crippen LogP contribution in [-0.2, 0) is 16.1 Å². The highest BCUT2D eigenvalue weighted by molar-refractivity contribution is 5.99. The summed E-state index contributed by atoms with van der Waals surface area (Å²) in [6.45, 7) is 9.41. The van der Waals surface area contributed by atoms with E-state index in [1.54, 1.807) is 12.4 Å². The average Bonchev–Trinajstić information content (AvgIpc) is 2.94. The Balaban J connectivity index is 1.28. The summed E-state index contributed by atoms with van der Waals surface area (Å²) in [5.74, 6) is -2.30. The Morgan fingerprint density at radius 2 is 1.76 bits per heavy atom. The van der Waals surface area contributed by atoms with Crippen molar-refractivity contribution in [3.63, 3.8) is 0 Å². The Labute approximate surface area is 244 Å². The lowest BCUT2D eigenvalue weighted by Crippen LogP contribution is -2.56. The first kappa shape index (κ1) is 29.6. The van der Waals surface area contributed by atoms with Gasteiger partial charge in [0.25, 0.3) is 0 Å². The number of hydrogen-bond acceptors (Lipinski definition) is 7.